The first-order chi connectivity index (χ1) is 14.4. The number of ether oxygens (including phenoxy) is 1. The summed E-state index contributed by atoms with van der Waals surface area (Å²) in [6, 6.07) is 2.34. The molecule has 0 amide bonds. The van der Waals surface area contributed by atoms with Gasteiger partial charge >= 0.3 is 15.6 Å². The van der Waals surface area contributed by atoms with Crippen molar-refractivity contribution in [2.24, 2.45) is 5.92 Å². The molecule has 1 heterocycles. The lowest BCUT2D eigenvalue weighted by Crippen LogP contribution is -2.63. The fraction of sp³-hybridized carbons (Fsp3) is 0.650. The Morgan fingerprint density at radius 2 is 2.03 bits per heavy atom. The number of halogens is 3. The van der Waals surface area contributed by atoms with E-state index in [1.165, 1.54) is 6.07 Å². The van der Waals surface area contributed by atoms with Crippen LogP contribution in [0, 0.1) is 5.92 Å². The van der Waals surface area contributed by atoms with Gasteiger partial charge in [-0.2, -0.15) is 21.6 Å². The summed E-state index contributed by atoms with van der Waals surface area (Å²) >= 11 is 0. The fourth-order valence-corrected chi connectivity index (χ4v) is 5.82. The van der Waals surface area contributed by atoms with Crippen LogP contribution in [-0.4, -0.2) is 61.1 Å². The SMILES string of the molecule is CN(CC1CC1)[C@@H]1Cc2ccc(OS(=O)(=O)C(F)(F)F)c3c2C2[C@@H](O3)C(=O)CC[C@]21O. The Morgan fingerprint density at radius 1 is 1.32 bits per heavy atom. The normalized spacial score (nSPS) is 32.1. The van der Waals surface area contributed by atoms with Crippen LogP contribution in [0.15, 0.2) is 12.1 Å². The Labute approximate surface area is 177 Å². The zero-order valence-electron chi connectivity index (χ0n) is 16.7. The molecule has 4 aliphatic rings. The number of alkyl halides is 3. The number of carbonyl (C=O) groups is 1. The highest BCUT2D eigenvalue weighted by Crippen LogP contribution is 2.58. The molecule has 0 aromatic heterocycles. The summed E-state index contributed by atoms with van der Waals surface area (Å²) in [6.45, 7) is 0.812. The van der Waals surface area contributed by atoms with Crippen molar-refractivity contribution in [1.82, 2.24) is 4.90 Å². The Kier molecular flexibility index (Phi) is 4.46. The molecule has 170 valence electrons. The van der Waals surface area contributed by atoms with E-state index in [0.29, 0.717) is 23.5 Å². The number of nitrogens with zero attached hydrogens (tertiary/aromatic N) is 1. The van der Waals surface area contributed by atoms with Gasteiger partial charge in [0.1, 0.15) is 0 Å². The molecule has 5 rings (SSSR count). The van der Waals surface area contributed by atoms with Crippen molar-refractivity contribution in [2.45, 2.75) is 61.3 Å². The van der Waals surface area contributed by atoms with Crippen LogP contribution in [0.5, 0.6) is 11.5 Å². The third kappa shape index (κ3) is 3.15. The number of carbonyl (C=O) groups excluding carboxylic acids is 1. The number of benzene rings is 1. The maximum atomic E-state index is 12.8. The fourth-order valence-electron chi connectivity index (χ4n) is 5.35. The molecule has 0 spiro atoms. The van der Waals surface area contributed by atoms with Gasteiger partial charge in [-0.15, -0.1) is 0 Å². The molecule has 0 saturated heterocycles. The number of Topliss-reactive ketones (excluding diaryl/α,β-unsaturated/α-hetero) is 1. The predicted molar refractivity (Wildman–Crippen MR) is 101 cm³/mol. The summed E-state index contributed by atoms with van der Waals surface area (Å²) in [5.74, 6) is -1.29. The molecule has 31 heavy (non-hydrogen) atoms. The summed E-state index contributed by atoms with van der Waals surface area (Å²) in [7, 11) is -3.98. The van der Waals surface area contributed by atoms with Crippen LogP contribution in [0.3, 0.4) is 0 Å². The number of ketones is 1. The maximum Gasteiger partial charge on any atom is 0.534 e. The van der Waals surface area contributed by atoms with Crippen molar-refractivity contribution in [2.75, 3.05) is 13.6 Å². The molecule has 11 heteroatoms. The molecule has 2 fully saturated rings. The van der Waals surface area contributed by atoms with Gasteiger partial charge in [0.05, 0.1) is 11.5 Å². The Bertz CT molecular complexity index is 1050. The van der Waals surface area contributed by atoms with Crippen LogP contribution >= 0.6 is 0 Å². The summed E-state index contributed by atoms with van der Waals surface area (Å²) in [4.78, 5) is 14.7. The lowest BCUT2D eigenvalue weighted by molar-refractivity contribution is -0.146. The molecule has 4 atom stereocenters. The molecule has 0 bridgehead atoms. The monoisotopic (exact) mass is 461 g/mol. The van der Waals surface area contributed by atoms with E-state index in [1.54, 1.807) is 0 Å². The second-order valence-corrected chi connectivity index (χ2v) is 10.6. The molecular weight excluding hydrogens is 439 g/mol. The minimum atomic E-state index is -5.91. The van der Waals surface area contributed by atoms with Crippen molar-refractivity contribution < 1.29 is 40.4 Å². The van der Waals surface area contributed by atoms with Crippen LogP contribution in [-0.2, 0) is 21.3 Å². The zero-order chi connectivity index (χ0) is 22.3. The van der Waals surface area contributed by atoms with Crippen LogP contribution in [0.1, 0.15) is 42.7 Å². The van der Waals surface area contributed by atoms with Crippen LogP contribution < -0.4 is 8.92 Å². The van der Waals surface area contributed by atoms with E-state index in [0.717, 1.165) is 25.5 Å². The first-order valence-corrected chi connectivity index (χ1v) is 11.6. The standard InChI is InChI=1S/C20H22F3NO6S/c1-24(9-10-2-3-10)14-8-11-4-5-13(30-31(27,28)20(21,22)23)18-15(11)16-17(29-18)12(25)6-7-19(14,16)26/h4-5,10,14,16-17,26H,2-3,6-9H2,1H3/t14-,16?,17+,19-/m1/s1. The lowest BCUT2D eigenvalue weighted by Gasteiger charge is -2.51. The van der Waals surface area contributed by atoms with Crippen molar-refractivity contribution in [3.05, 3.63) is 23.3 Å². The average Bonchev–Trinajstić information content (AvgIpc) is 3.37. The van der Waals surface area contributed by atoms with E-state index < -0.39 is 39.0 Å². The molecule has 1 aliphatic heterocycles. The Morgan fingerprint density at radius 3 is 2.68 bits per heavy atom. The topological polar surface area (TPSA) is 93.1 Å². The first kappa shape index (κ1) is 21.0. The molecule has 2 saturated carbocycles. The molecule has 7 nitrogen and oxygen atoms in total. The lowest BCUT2D eigenvalue weighted by atomic mass is 9.61. The minimum Gasteiger partial charge on any atom is -0.478 e. The molecule has 1 unspecified atom stereocenters. The van der Waals surface area contributed by atoms with Gasteiger partial charge in [-0.25, -0.2) is 0 Å². The molecule has 1 N–H and O–H groups in total. The van der Waals surface area contributed by atoms with Gasteiger partial charge in [-0.3, -0.25) is 9.69 Å². The molecule has 0 radical (unpaired) electrons. The number of hydrogen-bond acceptors (Lipinski definition) is 7. The Hall–Kier alpha value is -1.85. The quantitative estimate of drug-likeness (QED) is 0.530. The molecule has 1 aromatic carbocycles. The largest absolute Gasteiger partial charge is 0.534 e. The van der Waals surface area contributed by atoms with E-state index in [-0.39, 0.29) is 30.4 Å². The number of aliphatic hydroxyl groups is 1. The number of rotatable bonds is 5. The van der Waals surface area contributed by atoms with Gasteiger partial charge in [0, 0.05) is 24.6 Å². The second-order valence-electron chi connectivity index (χ2n) is 9.03. The van der Waals surface area contributed by atoms with Gasteiger partial charge in [0.2, 0.25) is 0 Å². The third-order valence-corrected chi connectivity index (χ3v) is 7.95. The number of hydrogen-bond donors (Lipinski definition) is 1. The van der Waals surface area contributed by atoms with Gasteiger partial charge in [-0.05, 0) is 50.3 Å². The first-order valence-electron chi connectivity index (χ1n) is 10.2. The smallest absolute Gasteiger partial charge is 0.478 e. The van der Waals surface area contributed by atoms with Gasteiger partial charge in [0.15, 0.2) is 23.4 Å². The van der Waals surface area contributed by atoms with Crippen molar-refractivity contribution in [3.8, 4) is 11.5 Å². The van der Waals surface area contributed by atoms with Gasteiger partial charge < -0.3 is 14.0 Å². The molecule has 3 aliphatic carbocycles. The minimum absolute atomic E-state index is 0.0752. The maximum absolute atomic E-state index is 12.8. The van der Waals surface area contributed by atoms with Crippen molar-refractivity contribution in [1.29, 1.82) is 0 Å². The predicted octanol–water partition coefficient (Wildman–Crippen LogP) is 2.12. The summed E-state index contributed by atoms with van der Waals surface area (Å²) < 4.78 is 71.7. The van der Waals surface area contributed by atoms with E-state index >= 15 is 0 Å². The second kappa shape index (κ2) is 6.58. The number of likely N-dealkylation sites (N-methyl/N-ethyl adjacent to an activating group) is 1. The summed E-state index contributed by atoms with van der Waals surface area (Å²) in [5, 5.41) is 11.8. The van der Waals surface area contributed by atoms with Gasteiger partial charge in [-0.1, -0.05) is 6.07 Å². The highest BCUT2D eigenvalue weighted by atomic mass is 32.2. The third-order valence-electron chi connectivity index (χ3n) is 6.99. The highest BCUT2D eigenvalue weighted by molar-refractivity contribution is 7.88. The van der Waals surface area contributed by atoms with E-state index in [9.17, 15) is 31.5 Å². The van der Waals surface area contributed by atoms with E-state index in [1.807, 2.05) is 7.05 Å². The zero-order valence-corrected chi connectivity index (χ0v) is 17.5. The van der Waals surface area contributed by atoms with Crippen molar-refractivity contribution in [3.63, 3.8) is 0 Å². The van der Waals surface area contributed by atoms with Crippen LogP contribution in [0.25, 0.3) is 0 Å². The van der Waals surface area contributed by atoms with Gasteiger partial charge in [0.25, 0.3) is 0 Å². The van der Waals surface area contributed by atoms with E-state index in [2.05, 4.69) is 9.08 Å². The Balaban J connectivity index is 1.58. The molecule has 1 aromatic rings. The summed E-state index contributed by atoms with van der Waals surface area (Å²) in [5.41, 5.74) is -5.83. The van der Waals surface area contributed by atoms with Crippen LogP contribution in [0.4, 0.5) is 13.2 Å². The van der Waals surface area contributed by atoms with Crippen molar-refractivity contribution >= 4 is 15.9 Å². The van der Waals surface area contributed by atoms with Crippen LogP contribution in [0.2, 0.25) is 0 Å². The molecular formula is C20H22F3NO6S. The highest BCUT2D eigenvalue weighted by Gasteiger charge is 2.62. The average molecular weight is 461 g/mol. The van der Waals surface area contributed by atoms with E-state index in [4.69, 9.17) is 4.74 Å². The summed E-state index contributed by atoms with van der Waals surface area (Å²) in [6.07, 6.45) is 1.89.